The van der Waals surface area contributed by atoms with Crippen LogP contribution in [-0.2, 0) is 6.18 Å². The SMILES string of the molecule is Cc1sccc1-c1cc(N)nc(-c2nc(C(F)(F)F)cs2)n1. The molecule has 0 aliphatic heterocycles. The van der Waals surface area contributed by atoms with Gasteiger partial charge in [-0.05, 0) is 18.4 Å². The number of aromatic nitrogens is 3. The van der Waals surface area contributed by atoms with Crippen LogP contribution < -0.4 is 5.73 Å². The molecule has 3 aromatic rings. The van der Waals surface area contributed by atoms with Crippen LogP contribution in [0.15, 0.2) is 22.9 Å². The van der Waals surface area contributed by atoms with E-state index in [4.69, 9.17) is 5.73 Å². The number of hydrogen-bond donors (Lipinski definition) is 1. The average Bonchev–Trinajstić information content (AvgIpc) is 3.05. The molecular formula is C13H9F3N4S2. The van der Waals surface area contributed by atoms with Crippen LogP contribution in [0.4, 0.5) is 19.0 Å². The first kappa shape index (κ1) is 14.9. The van der Waals surface area contributed by atoms with Gasteiger partial charge in [0.15, 0.2) is 16.5 Å². The summed E-state index contributed by atoms with van der Waals surface area (Å²) < 4.78 is 37.9. The Morgan fingerprint density at radius 3 is 2.50 bits per heavy atom. The first-order valence-electron chi connectivity index (χ1n) is 6.06. The molecule has 0 aromatic carbocycles. The average molecular weight is 342 g/mol. The number of nitrogen functional groups attached to an aromatic ring is 1. The molecule has 0 saturated heterocycles. The van der Waals surface area contributed by atoms with Crippen LogP contribution in [0.5, 0.6) is 0 Å². The van der Waals surface area contributed by atoms with Gasteiger partial charge in [-0.2, -0.15) is 13.2 Å². The summed E-state index contributed by atoms with van der Waals surface area (Å²) in [4.78, 5) is 12.9. The van der Waals surface area contributed by atoms with E-state index in [1.54, 1.807) is 17.4 Å². The number of halogens is 3. The van der Waals surface area contributed by atoms with Crippen molar-refractivity contribution in [2.75, 3.05) is 5.73 Å². The molecule has 0 saturated carbocycles. The second-order valence-corrected chi connectivity index (χ2v) is 6.41. The normalized spacial score (nSPS) is 11.8. The maximum absolute atomic E-state index is 12.6. The third kappa shape index (κ3) is 2.81. The number of thiophene rings is 1. The first-order chi connectivity index (χ1) is 10.3. The Bertz CT molecular complexity index is 823. The number of aryl methyl sites for hydroxylation is 1. The zero-order valence-electron chi connectivity index (χ0n) is 11.2. The predicted octanol–water partition coefficient (Wildman–Crippen LogP) is 4.24. The molecule has 3 heterocycles. The van der Waals surface area contributed by atoms with Crippen LogP contribution in [0.25, 0.3) is 22.1 Å². The number of hydrogen-bond acceptors (Lipinski definition) is 6. The van der Waals surface area contributed by atoms with Crippen LogP contribution >= 0.6 is 22.7 Å². The number of rotatable bonds is 2. The molecule has 0 aliphatic carbocycles. The van der Waals surface area contributed by atoms with Gasteiger partial charge in [0.1, 0.15) is 5.82 Å². The summed E-state index contributed by atoms with van der Waals surface area (Å²) in [7, 11) is 0. The summed E-state index contributed by atoms with van der Waals surface area (Å²) in [5, 5.41) is 2.94. The highest BCUT2D eigenvalue weighted by Gasteiger charge is 2.34. The van der Waals surface area contributed by atoms with E-state index in [2.05, 4.69) is 15.0 Å². The van der Waals surface area contributed by atoms with Gasteiger partial charge in [-0.15, -0.1) is 22.7 Å². The van der Waals surface area contributed by atoms with Crippen LogP contribution in [0.3, 0.4) is 0 Å². The van der Waals surface area contributed by atoms with Crippen molar-refractivity contribution < 1.29 is 13.2 Å². The standard InChI is InChI=1S/C13H9F3N4S2/c1-6-7(2-3-21-6)8-4-10(17)20-11(18-8)12-19-9(5-22-12)13(14,15)16/h2-5H,1H3,(H2,17,18,20). The maximum Gasteiger partial charge on any atom is 0.434 e. The molecule has 9 heteroatoms. The lowest BCUT2D eigenvalue weighted by molar-refractivity contribution is -0.140. The number of anilines is 1. The molecular weight excluding hydrogens is 333 g/mol. The molecule has 0 amide bonds. The third-order valence-electron chi connectivity index (χ3n) is 2.87. The Hall–Kier alpha value is -2.00. The quantitative estimate of drug-likeness (QED) is 0.756. The molecule has 0 radical (unpaired) electrons. The van der Waals surface area contributed by atoms with E-state index in [9.17, 15) is 13.2 Å². The number of thiazole rings is 1. The molecule has 0 atom stereocenters. The summed E-state index contributed by atoms with van der Waals surface area (Å²) in [6, 6.07) is 3.48. The molecule has 3 rings (SSSR count). The highest BCUT2D eigenvalue weighted by Crippen LogP contribution is 2.34. The Morgan fingerprint density at radius 1 is 1.14 bits per heavy atom. The molecule has 0 aliphatic rings. The van der Waals surface area contributed by atoms with Gasteiger partial charge in [-0.1, -0.05) is 0 Å². The lowest BCUT2D eigenvalue weighted by Crippen LogP contribution is -2.05. The molecule has 114 valence electrons. The Morgan fingerprint density at radius 2 is 1.91 bits per heavy atom. The van der Waals surface area contributed by atoms with Gasteiger partial charge >= 0.3 is 6.18 Å². The van der Waals surface area contributed by atoms with Gasteiger partial charge in [0.2, 0.25) is 0 Å². The summed E-state index contributed by atoms with van der Waals surface area (Å²) >= 11 is 2.39. The van der Waals surface area contributed by atoms with Crippen LogP contribution in [-0.4, -0.2) is 15.0 Å². The second-order valence-electron chi connectivity index (χ2n) is 4.43. The highest BCUT2D eigenvalue weighted by atomic mass is 32.1. The van der Waals surface area contributed by atoms with Gasteiger partial charge in [0.25, 0.3) is 0 Å². The lowest BCUT2D eigenvalue weighted by atomic mass is 10.2. The predicted molar refractivity (Wildman–Crippen MR) is 80.6 cm³/mol. The fraction of sp³-hybridized carbons (Fsp3) is 0.154. The van der Waals surface area contributed by atoms with E-state index in [0.29, 0.717) is 5.69 Å². The van der Waals surface area contributed by atoms with Crippen molar-refractivity contribution in [3.63, 3.8) is 0 Å². The minimum Gasteiger partial charge on any atom is -0.384 e. The van der Waals surface area contributed by atoms with Gasteiger partial charge in [-0.3, -0.25) is 0 Å². The monoisotopic (exact) mass is 342 g/mol. The molecule has 0 fully saturated rings. The largest absolute Gasteiger partial charge is 0.434 e. The van der Waals surface area contributed by atoms with Crippen molar-refractivity contribution in [1.29, 1.82) is 0 Å². The minimum absolute atomic E-state index is 0.0914. The lowest BCUT2D eigenvalue weighted by Gasteiger charge is -2.04. The summed E-state index contributed by atoms with van der Waals surface area (Å²) in [6.07, 6.45) is -4.48. The maximum atomic E-state index is 12.6. The molecule has 2 N–H and O–H groups in total. The Labute approximate surface area is 131 Å². The van der Waals surface area contributed by atoms with Crippen molar-refractivity contribution >= 4 is 28.5 Å². The van der Waals surface area contributed by atoms with Crippen molar-refractivity contribution in [2.45, 2.75) is 13.1 Å². The van der Waals surface area contributed by atoms with E-state index in [0.717, 1.165) is 27.2 Å². The minimum atomic E-state index is -4.48. The van der Waals surface area contributed by atoms with Crippen molar-refractivity contribution in [3.05, 3.63) is 33.5 Å². The molecule has 3 aromatic heterocycles. The second kappa shape index (κ2) is 5.33. The highest BCUT2D eigenvalue weighted by molar-refractivity contribution is 7.13. The van der Waals surface area contributed by atoms with E-state index in [-0.39, 0.29) is 16.6 Å². The molecule has 0 bridgehead atoms. The first-order valence-corrected chi connectivity index (χ1v) is 7.82. The van der Waals surface area contributed by atoms with Crippen molar-refractivity contribution in [3.8, 4) is 22.1 Å². The topological polar surface area (TPSA) is 64.7 Å². The van der Waals surface area contributed by atoms with E-state index >= 15 is 0 Å². The Balaban J connectivity index is 2.07. The third-order valence-corrected chi connectivity index (χ3v) is 4.55. The number of nitrogens with two attached hydrogens (primary N) is 1. The molecule has 22 heavy (non-hydrogen) atoms. The zero-order chi connectivity index (χ0) is 15.9. The van der Waals surface area contributed by atoms with E-state index < -0.39 is 11.9 Å². The zero-order valence-corrected chi connectivity index (χ0v) is 12.8. The smallest absolute Gasteiger partial charge is 0.384 e. The van der Waals surface area contributed by atoms with E-state index in [1.807, 2.05) is 18.4 Å². The van der Waals surface area contributed by atoms with Crippen molar-refractivity contribution in [2.24, 2.45) is 0 Å². The molecule has 0 unspecified atom stereocenters. The van der Waals surface area contributed by atoms with Crippen molar-refractivity contribution in [1.82, 2.24) is 15.0 Å². The van der Waals surface area contributed by atoms with Crippen LogP contribution in [0, 0.1) is 6.92 Å². The number of alkyl halides is 3. The fourth-order valence-corrected chi connectivity index (χ4v) is 3.32. The van der Waals surface area contributed by atoms with Gasteiger partial charge in [0.05, 0.1) is 5.69 Å². The summed E-state index contributed by atoms with van der Waals surface area (Å²) in [5.74, 6) is 0.287. The van der Waals surface area contributed by atoms with Gasteiger partial charge in [-0.25, -0.2) is 15.0 Å². The van der Waals surface area contributed by atoms with Crippen LogP contribution in [0.1, 0.15) is 10.6 Å². The van der Waals surface area contributed by atoms with Gasteiger partial charge < -0.3 is 5.73 Å². The van der Waals surface area contributed by atoms with E-state index in [1.165, 1.54) is 0 Å². The summed E-state index contributed by atoms with van der Waals surface area (Å²) in [5.41, 5.74) is 6.26. The number of nitrogens with zero attached hydrogens (tertiary/aromatic N) is 3. The molecule has 0 spiro atoms. The molecule has 4 nitrogen and oxygen atoms in total. The Kier molecular flexibility index (Phi) is 3.61. The fourth-order valence-electron chi connectivity index (χ4n) is 1.86. The van der Waals surface area contributed by atoms with Crippen LogP contribution in [0.2, 0.25) is 0 Å². The summed E-state index contributed by atoms with van der Waals surface area (Å²) in [6.45, 7) is 1.93. The van der Waals surface area contributed by atoms with Gasteiger partial charge in [0, 0.05) is 21.9 Å².